The van der Waals surface area contributed by atoms with Gasteiger partial charge in [-0.1, -0.05) is 18.2 Å². The van der Waals surface area contributed by atoms with Gasteiger partial charge in [-0.3, -0.25) is 14.5 Å². The van der Waals surface area contributed by atoms with Gasteiger partial charge in [0.25, 0.3) is 0 Å². The number of allylic oxidation sites excluding steroid dienone is 1. The van der Waals surface area contributed by atoms with Gasteiger partial charge >= 0.3 is 12.1 Å². The standard InChI is InChI=1S/C38H47F3N6O7S/c1-21-7-8-24(30(36(4,5)35(49)50)28-9-12-47-32(23(28)3)43-44-34(47)38(39,40)41)16-25(21)19-46-20-37(10-13-53-14-11-37)54-33-29(55(46,51)52)15-22(2)31(45(33)6)42-26-17-27(48)18-26/h7-9,12,15-16,26-27,30-31,42,48H,10-11,13-14,17-20H2,1-6H3,(H,49,50)/t26?,27?,30-,31?/m1/s1. The molecule has 0 bridgehead atoms. The first kappa shape index (κ1) is 39.2. The van der Waals surface area contributed by atoms with E-state index in [1.165, 1.54) is 16.6 Å². The number of carboxylic acids is 1. The number of ether oxygens (including phenoxy) is 2. The Hall–Kier alpha value is -4.03. The fourth-order valence-corrected chi connectivity index (χ4v) is 10.0. The SMILES string of the molecule is CC1=CC2=C(OC3(CCOCC3)CN(Cc3cc([C@H](c4ccn5c(C(F)(F)F)nnc5c4C)C(C)(C)C(=O)O)ccc3C)S2(=O)=O)N(C)C1NC1CC(O)C1. The third kappa shape index (κ3) is 6.91. The van der Waals surface area contributed by atoms with E-state index in [2.05, 4.69) is 15.5 Å². The third-order valence-electron chi connectivity index (χ3n) is 11.8. The second kappa shape index (κ2) is 13.9. The van der Waals surface area contributed by atoms with E-state index in [9.17, 15) is 36.6 Å². The monoisotopic (exact) mass is 788 g/mol. The number of carboxylic acid groups (broad SMARTS) is 1. The number of halogens is 3. The maximum Gasteiger partial charge on any atom is 0.452 e. The van der Waals surface area contributed by atoms with E-state index in [-0.39, 0.29) is 47.8 Å². The van der Waals surface area contributed by atoms with Crippen molar-refractivity contribution in [2.45, 2.75) is 103 Å². The molecule has 2 aromatic heterocycles. The Morgan fingerprint density at radius 2 is 1.80 bits per heavy atom. The van der Waals surface area contributed by atoms with Crippen LogP contribution in [0.5, 0.6) is 0 Å². The van der Waals surface area contributed by atoms with Gasteiger partial charge in [0.1, 0.15) is 16.7 Å². The van der Waals surface area contributed by atoms with Crippen LogP contribution in [0.15, 0.2) is 52.9 Å². The highest BCUT2D eigenvalue weighted by Gasteiger charge is 2.49. The number of sulfonamides is 1. The van der Waals surface area contributed by atoms with Crippen molar-refractivity contribution in [1.29, 1.82) is 0 Å². The van der Waals surface area contributed by atoms with Crippen molar-refractivity contribution >= 4 is 21.6 Å². The van der Waals surface area contributed by atoms with E-state index in [4.69, 9.17) is 9.47 Å². The zero-order valence-corrected chi connectivity index (χ0v) is 32.5. The highest BCUT2D eigenvalue weighted by atomic mass is 32.2. The number of nitrogens with one attached hydrogen (secondary N) is 1. The molecule has 2 fully saturated rings. The number of aliphatic hydroxyl groups excluding tert-OH is 1. The van der Waals surface area contributed by atoms with Gasteiger partial charge in [-0.15, -0.1) is 10.2 Å². The number of aliphatic carboxylic acids is 1. The van der Waals surface area contributed by atoms with Crippen LogP contribution in [0, 0.1) is 19.3 Å². The quantitative estimate of drug-likeness (QED) is 0.288. The van der Waals surface area contributed by atoms with E-state index in [0.717, 1.165) is 15.5 Å². The number of hydrogen-bond donors (Lipinski definition) is 3. The van der Waals surface area contributed by atoms with E-state index in [1.54, 1.807) is 46.0 Å². The zero-order valence-electron chi connectivity index (χ0n) is 31.6. The predicted molar refractivity (Wildman–Crippen MR) is 195 cm³/mol. The lowest BCUT2D eigenvalue weighted by molar-refractivity contribution is -0.147. The van der Waals surface area contributed by atoms with Gasteiger partial charge in [0.05, 0.1) is 31.3 Å². The molecule has 3 N–H and O–H groups in total. The number of carbonyl (C=O) groups is 1. The summed E-state index contributed by atoms with van der Waals surface area (Å²) in [5, 5.41) is 31.1. The minimum Gasteiger partial charge on any atom is -0.481 e. The fraction of sp³-hybridized carbons (Fsp3) is 0.553. The Morgan fingerprint density at radius 1 is 1.11 bits per heavy atom. The number of fused-ring (bicyclic) bond motifs is 1. The fourth-order valence-electron chi connectivity index (χ4n) is 8.31. The molecule has 1 saturated carbocycles. The summed E-state index contributed by atoms with van der Waals surface area (Å²) in [6.45, 7) is 9.17. The van der Waals surface area contributed by atoms with Crippen molar-refractivity contribution in [3.8, 4) is 0 Å². The Morgan fingerprint density at radius 3 is 2.44 bits per heavy atom. The Balaban J connectivity index is 1.30. The molecular formula is C38H47F3N6O7S. The molecule has 13 nitrogen and oxygen atoms in total. The normalized spacial score (nSPS) is 24.9. The molecule has 0 amide bonds. The maximum atomic E-state index is 14.8. The van der Waals surface area contributed by atoms with Crippen LogP contribution in [0.1, 0.15) is 86.0 Å². The van der Waals surface area contributed by atoms with Crippen LogP contribution in [-0.2, 0) is 37.0 Å². The van der Waals surface area contributed by atoms with Gasteiger partial charge in [-0.05, 0) is 93.0 Å². The Kier molecular flexibility index (Phi) is 9.88. The number of aromatic nitrogens is 3. The largest absolute Gasteiger partial charge is 0.481 e. The summed E-state index contributed by atoms with van der Waals surface area (Å²) in [7, 11) is -2.38. The van der Waals surface area contributed by atoms with Crippen LogP contribution in [0.3, 0.4) is 0 Å². The second-order valence-electron chi connectivity index (χ2n) is 16.0. The van der Waals surface area contributed by atoms with Gasteiger partial charge < -0.3 is 24.6 Å². The summed E-state index contributed by atoms with van der Waals surface area (Å²) in [6.07, 6.45) is -0.480. The van der Waals surface area contributed by atoms with Crippen molar-refractivity contribution in [2.24, 2.45) is 5.41 Å². The molecule has 1 saturated heterocycles. The lowest BCUT2D eigenvalue weighted by Gasteiger charge is -2.44. The molecule has 1 spiro atoms. The molecular weight excluding hydrogens is 742 g/mol. The first-order chi connectivity index (χ1) is 25.7. The van der Waals surface area contributed by atoms with Gasteiger partial charge in [0, 0.05) is 44.6 Å². The molecule has 0 radical (unpaired) electrons. The molecule has 17 heteroatoms. The number of aryl methyl sites for hydroxylation is 2. The first-order valence-corrected chi connectivity index (χ1v) is 19.8. The molecule has 3 aromatic rings. The van der Waals surface area contributed by atoms with Crippen molar-refractivity contribution in [3.63, 3.8) is 0 Å². The van der Waals surface area contributed by atoms with E-state index in [0.29, 0.717) is 61.2 Å². The van der Waals surface area contributed by atoms with Gasteiger partial charge in [-0.25, -0.2) is 8.42 Å². The average molecular weight is 789 g/mol. The zero-order chi connectivity index (χ0) is 39.8. The lowest BCUT2D eigenvalue weighted by atomic mass is 9.70. The molecule has 7 rings (SSSR count). The number of aliphatic hydroxyl groups is 1. The number of rotatable bonds is 8. The number of benzene rings is 1. The predicted octanol–water partition coefficient (Wildman–Crippen LogP) is 4.82. The molecule has 2 atom stereocenters. The minimum atomic E-state index is -4.75. The number of nitrogens with zero attached hydrogens (tertiary/aromatic N) is 5. The molecule has 55 heavy (non-hydrogen) atoms. The Bertz CT molecular complexity index is 2190. The topological polar surface area (TPSA) is 159 Å². The van der Waals surface area contributed by atoms with E-state index >= 15 is 0 Å². The van der Waals surface area contributed by atoms with E-state index in [1.807, 2.05) is 24.8 Å². The maximum absolute atomic E-state index is 14.8. The summed E-state index contributed by atoms with van der Waals surface area (Å²) < 4.78 is 85.6. The van der Waals surface area contributed by atoms with Crippen LogP contribution in [0.4, 0.5) is 13.2 Å². The number of pyridine rings is 1. The first-order valence-electron chi connectivity index (χ1n) is 18.3. The third-order valence-corrected chi connectivity index (χ3v) is 13.6. The molecule has 298 valence electrons. The van der Waals surface area contributed by atoms with Crippen molar-refractivity contribution in [1.82, 2.24) is 29.1 Å². The summed E-state index contributed by atoms with van der Waals surface area (Å²) in [6, 6.07) is 6.93. The van der Waals surface area contributed by atoms with Crippen LogP contribution in [0.2, 0.25) is 0 Å². The van der Waals surface area contributed by atoms with Gasteiger partial charge in [0.15, 0.2) is 5.65 Å². The summed E-state index contributed by atoms with van der Waals surface area (Å²) in [5.41, 5.74) is 1.10. The van der Waals surface area contributed by atoms with E-state index < -0.39 is 44.9 Å². The summed E-state index contributed by atoms with van der Waals surface area (Å²) in [4.78, 5) is 14.7. The molecule has 5 heterocycles. The van der Waals surface area contributed by atoms with Crippen molar-refractivity contribution < 1.29 is 46.1 Å². The summed E-state index contributed by atoms with van der Waals surface area (Å²) >= 11 is 0. The molecule has 1 aliphatic carbocycles. The smallest absolute Gasteiger partial charge is 0.452 e. The summed E-state index contributed by atoms with van der Waals surface area (Å²) in [5.74, 6) is -2.95. The van der Waals surface area contributed by atoms with Gasteiger partial charge in [0.2, 0.25) is 21.7 Å². The molecule has 1 unspecified atom stereocenters. The van der Waals surface area contributed by atoms with Gasteiger partial charge in [-0.2, -0.15) is 17.5 Å². The van der Waals surface area contributed by atoms with Crippen molar-refractivity contribution in [2.75, 3.05) is 26.8 Å². The highest BCUT2D eigenvalue weighted by Crippen LogP contribution is 2.45. The molecule has 3 aliphatic heterocycles. The highest BCUT2D eigenvalue weighted by molar-refractivity contribution is 7.93. The number of likely N-dealkylation sites (N-methyl/N-ethyl adjacent to an activating group) is 1. The van der Waals surface area contributed by atoms with Crippen LogP contribution in [-0.4, -0.2) is 99.1 Å². The second-order valence-corrected chi connectivity index (χ2v) is 17.9. The van der Waals surface area contributed by atoms with Crippen LogP contribution >= 0.6 is 0 Å². The van der Waals surface area contributed by atoms with Crippen molar-refractivity contribution in [3.05, 3.63) is 86.5 Å². The lowest BCUT2D eigenvalue weighted by Crippen LogP contribution is -2.56. The van der Waals surface area contributed by atoms with Crippen LogP contribution < -0.4 is 5.32 Å². The average Bonchev–Trinajstić information content (AvgIpc) is 3.52. The Labute approximate surface area is 317 Å². The number of alkyl halides is 3. The molecule has 1 aromatic carbocycles. The molecule has 4 aliphatic rings. The minimum absolute atomic E-state index is 0.0386. The van der Waals surface area contributed by atoms with Crippen LogP contribution in [0.25, 0.3) is 5.65 Å². The number of hydrogen-bond acceptors (Lipinski definition) is 10.